The number of amides is 1. The SMILES string of the molecule is Cc1nc(C(=O)N(CC2CCN(C3Cc4ccccc4C3)CC2)CC2CCCO2)cs1. The molecule has 1 aromatic carbocycles. The summed E-state index contributed by atoms with van der Waals surface area (Å²) < 4.78 is 5.86. The molecular formula is C25H33N3O2S. The molecule has 2 aliphatic heterocycles. The van der Waals surface area contributed by atoms with Gasteiger partial charge in [0.2, 0.25) is 0 Å². The normalized spacial score (nSPS) is 22.7. The van der Waals surface area contributed by atoms with E-state index in [1.807, 2.05) is 17.2 Å². The maximum absolute atomic E-state index is 13.2. The number of benzene rings is 1. The number of aromatic nitrogens is 1. The molecule has 2 saturated heterocycles. The molecule has 166 valence electrons. The Labute approximate surface area is 189 Å². The smallest absolute Gasteiger partial charge is 0.273 e. The van der Waals surface area contributed by atoms with Crippen LogP contribution in [0.2, 0.25) is 0 Å². The molecule has 0 N–H and O–H groups in total. The summed E-state index contributed by atoms with van der Waals surface area (Å²) in [5.74, 6) is 0.638. The van der Waals surface area contributed by atoms with E-state index < -0.39 is 0 Å². The standard InChI is InChI=1S/C25H33N3O2S/c1-18-26-24(17-31-18)25(29)28(16-23-7-4-12-30-23)15-19-8-10-27(11-9-19)22-13-20-5-2-3-6-21(20)14-22/h2-3,5-6,17,19,22-23H,4,7-16H2,1H3. The molecule has 31 heavy (non-hydrogen) atoms. The minimum absolute atomic E-state index is 0.0773. The Morgan fingerprint density at radius 3 is 2.52 bits per heavy atom. The summed E-state index contributed by atoms with van der Waals surface area (Å²) in [6, 6.07) is 9.56. The van der Waals surface area contributed by atoms with Gasteiger partial charge in [-0.15, -0.1) is 11.3 Å². The highest BCUT2D eigenvalue weighted by atomic mass is 32.1. The maximum Gasteiger partial charge on any atom is 0.273 e. The van der Waals surface area contributed by atoms with Crippen molar-refractivity contribution >= 4 is 17.2 Å². The Bertz CT molecular complexity index is 875. The van der Waals surface area contributed by atoms with Gasteiger partial charge in [0.05, 0.1) is 11.1 Å². The molecule has 1 amide bonds. The van der Waals surface area contributed by atoms with Crippen LogP contribution in [0, 0.1) is 12.8 Å². The Morgan fingerprint density at radius 1 is 1.16 bits per heavy atom. The van der Waals surface area contributed by atoms with E-state index in [0.717, 1.165) is 56.9 Å². The lowest BCUT2D eigenvalue weighted by atomic mass is 9.94. The molecule has 0 saturated carbocycles. The molecule has 5 nitrogen and oxygen atoms in total. The first-order chi connectivity index (χ1) is 15.2. The van der Waals surface area contributed by atoms with Crippen LogP contribution in [0.3, 0.4) is 0 Å². The summed E-state index contributed by atoms with van der Waals surface area (Å²) in [5, 5.41) is 2.85. The molecule has 0 spiro atoms. The van der Waals surface area contributed by atoms with E-state index in [-0.39, 0.29) is 12.0 Å². The first-order valence-electron chi connectivity index (χ1n) is 11.8. The summed E-state index contributed by atoms with van der Waals surface area (Å²) in [6.45, 7) is 6.59. The predicted octanol–water partition coefficient (Wildman–Crippen LogP) is 3.95. The average molecular weight is 440 g/mol. The summed E-state index contributed by atoms with van der Waals surface area (Å²) >= 11 is 1.55. The monoisotopic (exact) mass is 439 g/mol. The van der Waals surface area contributed by atoms with Crippen molar-refractivity contribution in [2.45, 2.75) is 57.6 Å². The lowest BCUT2D eigenvalue weighted by Gasteiger charge is -2.38. The third kappa shape index (κ3) is 4.86. The molecular weight excluding hydrogens is 406 g/mol. The van der Waals surface area contributed by atoms with E-state index in [0.29, 0.717) is 24.2 Å². The van der Waals surface area contributed by atoms with Gasteiger partial charge in [0.25, 0.3) is 5.91 Å². The molecule has 1 aliphatic carbocycles. The van der Waals surface area contributed by atoms with Gasteiger partial charge in [-0.3, -0.25) is 9.69 Å². The number of likely N-dealkylation sites (tertiary alicyclic amines) is 1. The zero-order valence-electron chi connectivity index (χ0n) is 18.5. The molecule has 0 bridgehead atoms. The molecule has 6 heteroatoms. The molecule has 1 atom stereocenters. The Hall–Kier alpha value is -1.76. The predicted molar refractivity (Wildman–Crippen MR) is 124 cm³/mol. The minimum atomic E-state index is 0.0773. The zero-order valence-corrected chi connectivity index (χ0v) is 19.3. The number of carbonyl (C=O) groups excluding carboxylic acids is 1. The van der Waals surface area contributed by atoms with Crippen molar-refractivity contribution in [2.24, 2.45) is 5.92 Å². The number of piperidine rings is 1. The highest BCUT2D eigenvalue weighted by Crippen LogP contribution is 2.29. The van der Waals surface area contributed by atoms with Crippen molar-refractivity contribution in [3.8, 4) is 0 Å². The van der Waals surface area contributed by atoms with E-state index in [9.17, 15) is 4.79 Å². The van der Waals surface area contributed by atoms with Gasteiger partial charge in [-0.2, -0.15) is 0 Å². The van der Waals surface area contributed by atoms with Crippen LogP contribution in [0.25, 0.3) is 0 Å². The maximum atomic E-state index is 13.2. The molecule has 2 aromatic rings. The van der Waals surface area contributed by atoms with E-state index in [1.54, 1.807) is 11.3 Å². The van der Waals surface area contributed by atoms with Crippen molar-refractivity contribution < 1.29 is 9.53 Å². The van der Waals surface area contributed by atoms with Gasteiger partial charge < -0.3 is 9.64 Å². The quantitative estimate of drug-likeness (QED) is 0.684. The summed E-state index contributed by atoms with van der Waals surface area (Å²) in [6.07, 6.45) is 7.05. The van der Waals surface area contributed by atoms with Crippen molar-refractivity contribution in [3.63, 3.8) is 0 Å². The average Bonchev–Trinajstić information content (AvgIpc) is 3.54. The number of nitrogens with zero attached hydrogens (tertiary/aromatic N) is 3. The zero-order chi connectivity index (χ0) is 21.2. The van der Waals surface area contributed by atoms with Gasteiger partial charge in [-0.1, -0.05) is 24.3 Å². The topological polar surface area (TPSA) is 45.7 Å². The Kier molecular flexibility index (Phi) is 6.39. The molecule has 5 rings (SSSR count). The fourth-order valence-electron chi connectivity index (χ4n) is 5.50. The molecule has 1 unspecified atom stereocenters. The van der Waals surface area contributed by atoms with Gasteiger partial charge in [0, 0.05) is 31.1 Å². The molecule has 3 heterocycles. The number of thiazole rings is 1. The van der Waals surface area contributed by atoms with E-state index in [1.165, 1.54) is 24.0 Å². The number of hydrogen-bond donors (Lipinski definition) is 0. The van der Waals surface area contributed by atoms with Crippen molar-refractivity contribution in [1.29, 1.82) is 0 Å². The number of aryl methyl sites for hydroxylation is 1. The lowest BCUT2D eigenvalue weighted by molar-refractivity contribution is 0.0426. The first kappa shape index (κ1) is 21.1. The molecule has 3 aliphatic rings. The number of carbonyl (C=O) groups is 1. The fourth-order valence-corrected chi connectivity index (χ4v) is 6.09. The second-order valence-corrected chi connectivity index (χ2v) is 10.5. The van der Waals surface area contributed by atoms with Crippen LogP contribution in [0.1, 0.15) is 52.3 Å². The van der Waals surface area contributed by atoms with E-state index in [4.69, 9.17) is 4.74 Å². The van der Waals surface area contributed by atoms with Crippen LogP contribution in [0.5, 0.6) is 0 Å². The summed E-state index contributed by atoms with van der Waals surface area (Å²) in [4.78, 5) is 22.4. The van der Waals surface area contributed by atoms with Gasteiger partial charge in [-0.05, 0) is 75.6 Å². The number of hydrogen-bond acceptors (Lipinski definition) is 5. The third-order valence-electron chi connectivity index (χ3n) is 7.25. The van der Waals surface area contributed by atoms with Crippen LogP contribution >= 0.6 is 11.3 Å². The number of ether oxygens (including phenoxy) is 1. The Balaban J connectivity index is 1.18. The van der Waals surface area contributed by atoms with Crippen molar-refractivity contribution in [1.82, 2.24) is 14.8 Å². The highest BCUT2D eigenvalue weighted by Gasteiger charge is 2.32. The van der Waals surface area contributed by atoms with Crippen LogP contribution in [-0.2, 0) is 17.6 Å². The second-order valence-electron chi connectivity index (χ2n) is 9.41. The number of rotatable bonds is 6. The van der Waals surface area contributed by atoms with E-state index >= 15 is 0 Å². The van der Waals surface area contributed by atoms with Gasteiger partial charge >= 0.3 is 0 Å². The minimum Gasteiger partial charge on any atom is -0.376 e. The largest absolute Gasteiger partial charge is 0.376 e. The van der Waals surface area contributed by atoms with Crippen LogP contribution in [0.4, 0.5) is 0 Å². The van der Waals surface area contributed by atoms with Gasteiger partial charge in [-0.25, -0.2) is 4.98 Å². The third-order valence-corrected chi connectivity index (χ3v) is 8.02. The first-order valence-corrected chi connectivity index (χ1v) is 12.7. The van der Waals surface area contributed by atoms with E-state index in [2.05, 4.69) is 34.1 Å². The van der Waals surface area contributed by atoms with Crippen LogP contribution < -0.4 is 0 Å². The van der Waals surface area contributed by atoms with Crippen molar-refractivity contribution in [2.75, 3.05) is 32.8 Å². The molecule has 2 fully saturated rings. The lowest BCUT2D eigenvalue weighted by Crippen LogP contribution is -2.46. The van der Waals surface area contributed by atoms with Crippen LogP contribution in [-0.4, -0.2) is 65.6 Å². The fraction of sp³-hybridized carbons (Fsp3) is 0.600. The molecule has 1 aromatic heterocycles. The summed E-state index contributed by atoms with van der Waals surface area (Å²) in [5.41, 5.74) is 3.66. The Morgan fingerprint density at radius 2 is 1.90 bits per heavy atom. The van der Waals surface area contributed by atoms with Crippen molar-refractivity contribution in [3.05, 3.63) is 51.5 Å². The molecule has 0 radical (unpaired) electrons. The van der Waals surface area contributed by atoms with Crippen LogP contribution in [0.15, 0.2) is 29.6 Å². The number of fused-ring (bicyclic) bond motifs is 1. The second kappa shape index (κ2) is 9.39. The highest BCUT2D eigenvalue weighted by molar-refractivity contribution is 7.09. The summed E-state index contributed by atoms with van der Waals surface area (Å²) in [7, 11) is 0. The van der Waals surface area contributed by atoms with Gasteiger partial charge in [0.15, 0.2) is 0 Å². The van der Waals surface area contributed by atoms with Gasteiger partial charge in [0.1, 0.15) is 5.69 Å².